The molecule has 4 aromatic rings. The zero-order valence-corrected chi connectivity index (χ0v) is 25.3. The molecule has 0 fully saturated rings. The second-order valence-corrected chi connectivity index (χ2v) is 10.4. The molecule has 1 aliphatic heterocycles. The van der Waals surface area contributed by atoms with Crippen LogP contribution in [0.3, 0.4) is 0 Å². The Morgan fingerprint density at radius 2 is 1.75 bits per heavy atom. The number of nitrogens with zero attached hydrogens (tertiary/aromatic N) is 2. The number of thiazole rings is 1. The number of carbonyl (C=O) groups excluding carboxylic acids is 3. The summed E-state index contributed by atoms with van der Waals surface area (Å²) >= 11 is 0.874. The number of carbonyl (C=O) groups is 3. The monoisotopic (exact) mass is 620 g/mol. The first-order valence-corrected chi connectivity index (χ1v) is 13.9. The van der Waals surface area contributed by atoms with E-state index in [-0.39, 0.29) is 45.2 Å². The van der Waals surface area contributed by atoms with Gasteiger partial charge in [-0.15, -0.1) is 0 Å². The number of furan rings is 1. The Morgan fingerprint density at radius 3 is 2.36 bits per heavy atom. The smallest absolute Gasteiger partial charge is 0.350 e. The van der Waals surface area contributed by atoms with Gasteiger partial charge < -0.3 is 33.2 Å². The van der Waals surface area contributed by atoms with Crippen LogP contribution in [0.2, 0.25) is 0 Å². The van der Waals surface area contributed by atoms with Crippen LogP contribution in [-0.4, -0.2) is 62.8 Å². The molecule has 5 rings (SSSR count). The number of hydrogen-bond donors (Lipinski definition) is 1. The Bertz CT molecular complexity index is 1810. The standard InChI is InChI=1S/C31H28N2O10S/c1-7-11-42-30(37)28-15(2)32-31(44-28)33-23(17-13-20(39-4)27(41-6)21(14-17)40-5)22(25(35)29(33)36)24(34)19-12-16-9-8-10-18(38-3)26(16)43-19/h7-10,12-14,23,35H,1,11H2,2-6H3. The number of benzene rings is 2. The van der Waals surface area contributed by atoms with Crippen molar-refractivity contribution in [2.45, 2.75) is 13.0 Å². The van der Waals surface area contributed by atoms with Gasteiger partial charge in [-0.05, 0) is 36.8 Å². The molecule has 0 spiro atoms. The third-order valence-electron chi connectivity index (χ3n) is 6.92. The highest BCUT2D eigenvalue weighted by Crippen LogP contribution is 2.48. The fourth-order valence-electron chi connectivity index (χ4n) is 4.93. The molecule has 1 atom stereocenters. The quantitative estimate of drug-likeness (QED) is 0.131. The van der Waals surface area contributed by atoms with Crippen molar-refractivity contribution in [3.8, 4) is 23.0 Å². The molecule has 228 valence electrons. The summed E-state index contributed by atoms with van der Waals surface area (Å²) in [5.41, 5.74) is 0.643. The Hall–Kier alpha value is -5.30. The molecule has 3 heterocycles. The Balaban J connectivity index is 1.70. The summed E-state index contributed by atoms with van der Waals surface area (Å²) < 4.78 is 32.9. The average Bonchev–Trinajstić information content (AvgIpc) is 3.72. The molecule has 0 bridgehead atoms. The lowest BCUT2D eigenvalue weighted by Gasteiger charge is -2.25. The zero-order chi connectivity index (χ0) is 31.7. The van der Waals surface area contributed by atoms with E-state index in [1.54, 1.807) is 37.3 Å². The van der Waals surface area contributed by atoms with Crippen LogP contribution in [0, 0.1) is 6.92 Å². The summed E-state index contributed by atoms with van der Waals surface area (Å²) in [6.45, 7) is 5.10. The first-order chi connectivity index (χ1) is 21.2. The van der Waals surface area contributed by atoms with Crippen molar-refractivity contribution in [1.29, 1.82) is 0 Å². The van der Waals surface area contributed by atoms with Gasteiger partial charge in [0.05, 0.1) is 45.7 Å². The van der Waals surface area contributed by atoms with Crippen molar-refractivity contribution in [3.05, 3.63) is 82.3 Å². The maximum atomic E-state index is 14.1. The maximum absolute atomic E-state index is 14.1. The number of anilines is 1. The fourth-order valence-corrected chi connectivity index (χ4v) is 5.91. The number of aliphatic hydroxyl groups is 1. The first kappa shape index (κ1) is 30.2. The van der Waals surface area contributed by atoms with Gasteiger partial charge >= 0.3 is 5.97 Å². The number of ketones is 1. The van der Waals surface area contributed by atoms with Crippen molar-refractivity contribution in [1.82, 2.24) is 4.98 Å². The van der Waals surface area contributed by atoms with Gasteiger partial charge in [0.1, 0.15) is 11.5 Å². The summed E-state index contributed by atoms with van der Waals surface area (Å²) in [6, 6.07) is 8.52. The van der Waals surface area contributed by atoms with Gasteiger partial charge in [0.15, 0.2) is 39.5 Å². The van der Waals surface area contributed by atoms with Crippen molar-refractivity contribution < 1.29 is 47.6 Å². The number of aliphatic hydroxyl groups excluding tert-OH is 1. The van der Waals surface area contributed by atoms with E-state index in [1.807, 2.05) is 0 Å². The number of fused-ring (bicyclic) bond motifs is 1. The van der Waals surface area contributed by atoms with E-state index in [1.165, 1.54) is 40.6 Å². The summed E-state index contributed by atoms with van der Waals surface area (Å²) in [6.07, 6.45) is 1.42. The van der Waals surface area contributed by atoms with Crippen LogP contribution in [-0.2, 0) is 9.53 Å². The predicted octanol–water partition coefficient (Wildman–Crippen LogP) is 5.36. The molecule has 12 nitrogen and oxygen atoms in total. The largest absolute Gasteiger partial charge is 0.503 e. The number of aromatic nitrogens is 1. The highest BCUT2D eigenvalue weighted by atomic mass is 32.1. The molecule has 2 aromatic heterocycles. The number of rotatable bonds is 11. The first-order valence-electron chi connectivity index (χ1n) is 13.1. The molecular weight excluding hydrogens is 592 g/mol. The van der Waals surface area contributed by atoms with E-state index in [0.717, 1.165) is 16.2 Å². The summed E-state index contributed by atoms with van der Waals surface area (Å²) in [7, 11) is 5.75. The molecule has 2 aromatic carbocycles. The lowest BCUT2D eigenvalue weighted by molar-refractivity contribution is -0.117. The van der Waals surface area contributed by atoms with Gasteiger partial charge in [0, 0.05) is 5.39 Å². The summed E-state index contributed by atoms with van der Waals surface area (Å²) in [5, 5.41) is 11.9. The van der Waals surface area contributed by atoms with Gasteiger partial charge in [-0.25, -0.2) is 9.78 Å². The number of aryl methyl sites for hydroxylation is 1. The number of esters is 1. The zero-order valence-electron chi connectivity index (χ0n) is 24.5. The molecule has 1 amide bonds. The van der Waals surface area contributed by atoms with E-state index in [4.69, 9.17) is 28.1 Å². The minimum Gasteiger partial charge on any atom is -0.503 e. The molecule has 0 radical (unpaired) electrons. The van der Waals surface area contributed by atoms with E-state index >= 15 is 0 Å². The summed E-state index contributed by atoms with van der Waals surface area (Å²) in [4.78, 5) is 46.3. The van der Waals surface area contributed by atoms with Crippen molar-refractivity contribution in [3.63, 3.8) is 0 Å². The molecule has 13 heteroatoms. The number of hydrogen-bond acceptors (Lipinski definition) is 12. The van der Waals surface area contributed by atoms with Crippen LogP contribution in [0.25, 0.3) is 11.0 Å². The van der Waals surface area contributed by atoms with Gasteiger partial charge in [0.2, 0.25) is 11.5 Å². The Labute approximate surface area is 255 Å². The molecule has 1 aliphatic rings. The van der Waals surface area contributed by atoms with Gasteiger partial charge in [-0.2, -0.15) is 0 Å². The lowest BCUT2D eigenvalue weighted by atomic mass is 9.94. The third kappa shape index (κ3) is 5.00. The van der Waals surface area contributed by atoms with Crippen LogP contribution in [0.5, 0.6) is 23.0 Å². The molecule has 1 unspecified atom stereocenters. The maximum Gasteiger partial charge on any atom is 0.350 e. The van der Waals surface area contributed by atoms with Crippen LogP contribution < -0.4 is 23.8 Å². The van der Waals surface area contributed by atoms with E-state index in [9.17, 15) is 19.5 Å². The second kappa shape index (κ2) is 12.1. The number of para-hydroxylation sites is 1. The molecule has 0 saturated heterocycles. The summed E-state index contributed by atoms with van der Waals surface area (Å²) in [5.74, 6) is -2.12. The predicted molar refractivity (Wildman–Crippen MR) is 160 cm³/mol. The molecule has 0 aliphatic carbocycles. The van der Waals surface area contributed by atoms with Crippen LogP contribution in [0.1, 0.15) is 37.5 Å². The van der Waals surface area contributed by atoms with Gasteiger partial charge in [0.25, 0.3) is 5.91 Å². The second-order valence-electron chi connectivity index (χ2n) is 9.42. The number of Topliss-reactive ketones (excluding diaryl/α,β-unsaturated/α-hetero) is 1. The normalized spacial score (nSPS) is 14.6. The van der Waals surface area contributed by atoms with Crippen molar-refractivity contribution in [2.24, 2.45) is 0 Å². The van der Waals surface area contributed by atoms with E-state index in [0.29, 0.717) is 28.0 Å². The van der Waals surface area contributed by atoms with E-state index < -0.39 is 29.5 Å². The van der Waals surface area contributed by atoms with Crippen molar-refractivity contribution in [2.75, 3.05) is 39.9 Å². The number of ether oxygens (including phenoxy) is 5. The number of methoxy groups -OCH3 is 4. The molecular formula is C31H28N2O10S. The topological polar surface area (TPSA) is 147 Å². The minimum atomic E-state index is -1.25. The van der Waals surface area contributed by atoms with Crippen molar-refractivity contribution >= 4 is 45.1 Å². The highest BCUT2D eigenvalue weighted by molar-refractivity contribution is 7.17. The highest BCUT2D eigenvalue weighted by Gasteiger charge is 2.47. The Morgan fingerprint density at radius 1 is 1.07 bits per heavy atom. The average molecular weight is 621 g/mol. The van der Waals surface area contributed by atoms with Crippen LogP contribution in [0.4, 0.5) is 5.13 Å². The Kier molecular flexibility index (Phi) is 8.32. The van der Waals surface area contributed by atoms with Crippen LogP contribution in [0.15, 0.2) is 64.8 Å². The van der Waals surface area contributed by atoms with E-state index in [2.05, 4.69) is 11.6 Å². The fraction of sp³-hybridized carbons (Fsp3) is 0.226. The minimum absolute atomic E-state index is 0.0223. The SMILES string of the molecule is C=CCOC(=O)c1sc(N2C(=O)C(O)=C(C(=O)c3cc4cccc(OC)c4o3)C2c2cc(OC)c(OC)c(OC)c2)nc1C. The van der Waals surface area contributed by atoms with Gasteiger partial charge in [-0.1, -0.05) is 36.1 Å². The lowest BCUT2D eigenvalue weighted by Crippen LogP contribution is -2.31. The molecule has 44 heavy (non-hydrogen) atoms. The van der Waals surface area contributed by atoms with Crippen LogP contribution >= 0.6 is 11.3 Å². The number of amides is 1. The molecule has 0 saturated carbocycles. The third-order valence-corrected chi connectivity index (χ3v) is 8.05. The molecule has 1 N–H and O–H groups in total. The van der Waals surface area contributed by atoms with Gasteiger partial charge in [-0.3, -0.25) is 14.5 Å².